The predicted octanol–water partition coefficient (Wildman–Crippen LogP) is 2.90. The third-order valence-corrected chi connectivity index (χ3v) is 5.55. The number of nitrogens with zero attached hydrogens (tertiary/aromatic N) is 3. The van der Waals surface area contributed by atoms with Crippen LogP contribution in [0.25, 0.3) is 0 Å². The maximum absolute atomic E-state index is 12.7. The molecule has 1 aromatic heterocycles. The van der Waals surface area contributed by atoms with Crippen molar-refractivity contribution in [3.8, 4) is 0 Å². The number of hydrogen-bond acceptors (Lipinski definition) is 5. The van der Waals surface area contributed by atoms with E-state index in [0.717, 1.165) is 30.2 Å². The molecular formula is C17H18N4OS. The van der Waals surface area contributed by atoms with Crippen molar-refractivity contribution in [2.45, 2.75) is 23.7 Å². The van der Waals surface area contributed by atoms with Crippen LogP contribution in [0.2, 0.25) is 0 Å². The van der Waals surface area contributed by atoms with Gasteiger partial charge in [-0.25, -0.2) is 9.97 Å². The summed E-state index contributed by atoms with van der Waals surface area (Å²) in [4.78, 5) is 24.6. The molecule has 0 saturated carbocycles. The molecule has 0 radical (unpaired) electrons. The van der Waals surface area contributed by atoms with E-state index in [0.29, 0.717) is 5.69 Å². The first-order chi connectivity index (χ1) is 11.3. The van der Waals surface area contributed by atoms with Crippen LogP contribution in [-0.4, -0.2) is 34.7 Å². The van der Waals surface area contributed by atoms with Crippen LogP contribution < -0.4 is 10.2 Å². The van der Waals surface area contributed by atoms with Crippen LogP contribution >= 0.6 is 11.8 Å². The number of anilines is 2. The number of carbonyl (C=O) groups is 1. The number of benzene rings is 1. The summed E-state index contributed by atoms with van der Waals surface area (Å²) in [5.74, 6) is 1.54. The van der Waals surface area contributed by atoms with Crippen molar-refractivity contribution >= 4 is 29.2 Å². The molecule has 4 rings (SSSR count). The van der Waals surface area contributed by atoms with Crippen LogP contribution in [0.4, 0.5) is 11.5 Å². The fourth-order valence-electron chi connectivity index (χ4n) is 3.19. The van der Waals surface area contributed by atoms with E-state index in [1.807, 2.05) is 18.2 Å². The van der Waals surface area contributed by atoms with Gasteiger partial charge in [0.05, 0.1) is 12.1 Å². The van der Waals surface area contributed by atoms with Gasteiger partial charge in [0.1, 0.15) is 12.0 Å². The van der Waals surface area contributed by atoms with Gasteiger partial charge in [0, 0.05) is 23.7 Å². The number of amides is 1. The van der Waals surface area contributed by atoms with Gasteiger partial charge in [0.25, 0.3) is 0 Å². The van der Waals surface area contributed by atoms with Crippen LogP contribution in [0.15, 0.2) is 41.7 Å². The number of thioether (sulfide) groups is 1. The molecule has 1 N–H and O–H groups in total. The van der Waals surface area contributed by atoms with Crippen LogP contribution in [0.3, 0.4) is 0 Å². The second-order valence-corrected chi connectivity index (χ2v) is 6.91. The molecule has 1 saturated heterocycles. The van der Waals surface area contributed by atoms with E-state index in [4.69, 9.17) is 0 Å². The lowest BCUT2D eigenvalue weighted by molar-refractivity contribution is -0.117. The van der Waals surface area contributed by atoms with E-state index in [9.17, 15) is 4.79 Å². The largest absolute Gasteiger partial charge is 0.355 e. The minimum Gasteiger partial charge on any atom is -0.355 e. The van der Waals surface area contributed by atoms with Crippen molar-refractivity contribution in [3.05, 3.63) is 42.4 Å². The molecular weight excluding hydrogens is 308 g/mol. The molecule has 0 aliphatic carbocycles. The summed E-state index contributed by atoms with van der Waals surface area (Å²) in [6, 6.07) is 8.13. The van der Waals surface area contributed by atoms with Gasteiger partial charge in [-0.15, -0.1) is 11.8 Å². The maximum atomic E-state index is 12.7. The number of aromatic nitrogens is 2. The van der Waals surface area contributed by atoms with Gasteiger partial charge in [-0.1, -0.05) is 18.2 Å². The van der Waals surface area contributed by atoms with E-state index in [-0.39, 0.29) is 11.8 Å². The molecule has 3 heterocycles. The van der Waals surface area contributed by atoms with E-state index in [2.05, 4.69) is 26.3 Å². The van der Waals surface area contributed by atoms with Gasteiger partial charge in [0.2, 0.25) is 5.91 Å². The van der Waals surface area contributed by atoms with E-state index < -0.39 is 0 Å². The monoisotopic (exact) mass is 326 g/mol. The van der Waals surface area contributed by atoms with Crippen molar-refractivity contribution in [1.82, 2.24) is 9.97 Å². The average Bonchev–Trinajstić information content (AvgIpc) is 3.25. The quantitative estimate of drug-likeness (QED) is 0.940. The summed E-state index contributed by atoms with van der Waals surface area (Å²) in [5.41, 5.74) is 1.84. The first kappa shape index (κ1) is 14.5. The zero-order valence-electron chi connectivity index (χ0n) is 12.7. The summed E-state index contributed by atoms with van der Waals surface area (Å²) in [6.07, 6.45) is 5.59. The molecule has 1 fully saturated rings. The van der Waals surface area contributed by atoms with E-state index in [1.54, 1.807) is 24.3 Å². The van der Waals surface area contributed by atoms with Gasteiger partial charge in [0.15, 0.2) is 5.82 Å². The first-order valence-corrected chi connectivity index (χ1v) is 8.89. The van der Waals surface area contributed by atoms with Crippen LogP contribution in [0, 0.1) is 0 Å². The fraction of sp³-hybridized carbons (Fsp3) is 0.353. The maximum Gasteiger partial charge on any atom is 0.232 e. The van der Waals surface area contributed by atoms with Crippen molar-refractivity contribution in [1.29, 1.82) is 0 Å². The van der Waals surface area contributed by atoms with Crippen molar-refractivity contribution < 1.29 is 4.79 Å². The highest BCUT2D eigenvalue weighted by molar-refractivity contribution is 7.99. The molecule has 2 aromatic rings. The minimum atomic E-state index is -0.108. The number of nitrogens with one attached hydrogen (secondary N) is 1. The van der Waals surface area contributed by atoms with Gasteiger partial charge < -0.3 is 10.2 Å². The second-order valence-electron chi connectivity index (χ2n) is 5.84. The normalized spacial score (nSPS) is 19.7. The molecule has 1 aromatic carbocycles. The standard InChI is InChI=1S/C17H18N4OS/c22-17(13-10-23-15-6-2-1-5-12(13)15)20-14-9-18-11-19-16(14)21-7-3-4-8-21/h1-2,5-6,9,11,13H,3-4,7-8,10H2,(H,20,22). The number of hydrogen-bond donors (Lipinski definition) is 1. The van der Waals surface area contributed by atoms with E-state index in [1.165, 1.54) is 17.7 Å². The summed E-state index contributed by atoms with van der Waals surface area (Å²) < 4.78 is 0. The summed E-state index contributed by atoms with van der Waals surface area (Å²) in [7, 11) is 0. The molecule has 1 amide bonds. The second kappa shape index (κ2) is 6.20. The molecule has 23 heavy (non-hydrogen) atoms. The Morgan fingerprint density at radius 3 is 2.96 bits per heavy atom. The Kier molecular flexibility index (Phi) is 3.91. The average molecular weight is 326 g/mol. The van der Waals surface area contributed by atoms with Gasteiger partial charge in [-0.2, -0.15) is 0 Å². The summed E-state index contributed by atoms with van der Waals surface area (Å²) in [6.45, 7) is 1.98. The van der Waals surface area contributed by atoms with Gasteiger partial charge >= 0.3 is 0 Å². The lowest BCUT2D eigenvalue weighted by atomic mass is 10.0. The Hall–Kier alpha value is -2.08. The van der Waals surface area contributed by atoms with Crippen LogP contribution in [0.1, 0.15) is 24.3 Å². The smallest absolute Gasteiger partial charge is 0.232 e. The highest BCUT2D eigenvalue weighted by atomic mass is 32.2. The Balaban J connectivity index is 1.56. The molecule has 2 aliphatic heterocycles. The molecule has 5 nitrogen and oxygen atoms in total. The molecule has 1 atom stereocenters. The van der Waals surface area contributed by atoms with Crippen LogP contribution in [0.5, 0.6) is 0 Å². The zero-order valence-corrected chi connectivity index (χ0v) is 13.6. The summed E-state index contributed by atoms with van der Waals surface area (Å²) >= 11 is 1.74. The van der Waals surface area contributed by atoms with Crippen molar-refractivity contribution in [2.24, 2.45) is 0 Å². The molecule has 0 bridgehead atoms. The Morgan fingerprint density at radius 1 is 1.26 bits per heavy atom. The Labute approximate surface area is 139 Å². The Bertz CT molecular complexity index is 730. The highest BCUT2D eigenvalue weighted by Crippen LogP contribution is 2.40. The fourth-order valence-corrected chi connectivity index (χ4v) is 4.42. The SMILES string of the molecule is O=C(Nc1cncnc1N1CCCC1)C1CSc2ccccc21. The molecule has 2 aliphatic rings. The van der Waals surface area contributed by atoms with Crippen molar-refractivity contribution in [2.75, 3.05) is 29.1 Å². The van der Waals surface area contributed by atoms with Gasteiger partial charge in [-0.05, 0) is 24.5 Å². The minimum absolute atomic E-state index is 0.0256. The molecule has 0 spiro atoms. The Morgan fingerprint density at radius 2 is 2.09 bits per heavy atom. The number of carbonyl (C=O) groups excluding carboxylic acids is 1. The lowest BCUT2D eigenvalue weighted by Crippen LogP contribution is -2.25. The zero-order chi connectivity index (χ0) is 15.6. The molecule has 1 unspecified atom stereocenters. The summed E-state index contributed by atoms with van der Waals surface area (Å²) in [5, 5.41) is 3.05. The van der Waals surface area contributed by atoms with Crippen LogP contribution in [-0.2, 0) is 4.79 Å². The molecule has 6 heteroatoms. The number of fused-ring (bicyclic) bond motifs is 1. The highest BCUT2D eigenvalue weighted by Gasteiger charge is 2.30. The topological polar surface area (TPSA) is 58.1 Å². The van der Waals surface area contributed by atoms with Gasteiger partial charge in [-0.3, -0.25) is 4.79 Å². The van der Waals surface area contributed by atoms with Crippen molar-refractivity contribution in [3.63, 3.8) is 0 Å². The number of rotatable bonds is 3. The first-order valence-electron chi connectivity index (χ1n) is 7.90. The third-order valence-electron chi connectivity index (χ3n) is 4.37. The lowest BCUT2D eigenvalue weighted by Gasteiger charge is -2.20. The molecule has 118 valence electrons. The predicted molar refractivity (Wildman–Crippen MR) is 92.0 cm³/mol. The van der Waals surface area contributed by atoms with E-state index >= 15 is 0 Å². The third kappa shape index (κ3) is 2.79.